The first-order valence-electron chi connectivity index (χ1n) is 8.37. The molecule has 26 heavy (non-hydrogen) atoms. The van der Waals surface area contributed by atoms with Crippen LogP contribution < -0.4 is 11.2 Å². The van der Waals surface area contributed by atoms with Crippen LogP contribution in [0, 0.1) is 0 Å². The van der Waals surface area contributed by atoms with Gasteiger partial charge in [0, 0.05) is 6.54 Å². The van der Waals surface area contributed by atoms with Gasteiger partial charge in [-0.2, -0.15) is 0 Å². The van der Waals surface area contributed by atoms with Crippen molar-refractivity contribution in [3.8, 4) is 5.88 Å². The van der Waals surface area contributed by atoms with Gasteiger partial charge in [0.25, 0.3) is 5.56 Å². The molecule has 0 bridgehead atoms. The molecule has 0 amide bonds. The Kier molecular flexibility index (Phi) is 5.34. The number of hydrogen-bond acceptors (Lipinski definition) is 4. The van der Waals surface area contributed by atoms with Crippen LogP contribution in [0.15, 0.2) is 76.3 Å². The van der Waals surface area contributed by atoms with E-state index in [0.29, 0.717) is 12.0 Å². The van der Waals surface area contributed by atoms with E-state index in [-0.39, 0.29) is 13.1 Å². The van der Waals surface area contributed by atoms with E-state index in [1.54, 1.807) is 24.3 Å². The molecule has 1 atom stereocenters. The van der Waals surface area contributed by atoms with E-state index < -0.39 is 23.2 Å². The number of rotatable bonds is 6. The van der Waals surface area contributed by atoms with Crippen molar-refractivity contribution in [2.24, 2.45) is 0 Å². The smallest absolute Gasteiger partial charge is 0.333 e. The second kappa shape index (κ2) is 7.84. The van der Waals surface area contributed by atoms with Crippen LogP contribution in [0.1, 0.15) is 17.2 Å². The van der Waals surface area contributed by atoms with Crippen LogP contribution in [0.3, 0.4) is 0 Å². The molecule has 6 nitrogen and oxygen atoms in total. The largest absolute Gasteiger partial charge is 0.494 e. The topological polar surface area (TPSA) is 84.5 Å². The SMILES string of the molecule is O=c1cc(O)n(CC(O)c2ccccc2)c(=O)n1CCc1ccccc1. The van der Waals surface area contributed by atoms with Crippen LogP contribution >= 0.6 is 0 Å². The Bertz CT molecular complexity index is 978. The minimum absolute atomic E-state index is 0.139. The molecule has 1 unspecified atom stereocenters. The summed E-state index contributed by atoms with van der Waals surface area (Å²) in [5.74, 6) is -0.453. The van der Waals surface area contributed by atoms with E-state index in [1.807, 2.05) is 36.4 Å². The molecule has 0 aliphatic heterocycles. The van der Waals surface area contributed by atoms with Crippen LogP contribution in [0.5, 0.6) is 5.88 Å². The number of aromatic nitrogens is 2. The highest BCUT2D eigenvalue weighted by atomic mass is 16.3. The van der Waals surface area contributed by atoms with Gasteiger partial charge in [-0.3, -0.25) is 13.9 Å². The van der Waals surface area contributed by atoms with E-state index in [4.69, 9.17) is 0 Å². The van der Waals surface area contributed by atoms with Crippen molar-refractivity contribution in [1.82, 2.24) is 9.13 Å². The van der Waals surface area contributed by atoms with E-state index in [9.17, 15) is 19.8 Å². The van der Waals surface area contributed by atoms with Gasteiger partial charge >= 0.3 is 5.69 Å². The highest BCUT2D eigenvalue weighted by molar-refractivity contribution is 5.18. The second-order valence-electron chi connectivity index (χ2n) is 6.05. The summed E-state index contributed by atoms with van der Waals surface area (Å²) in [5.41, 5.74) is 0.429. The Labute approximate surface area is 150 Å². The van der Waals surface area contributed by atoms with Gasteiger partial charge in [-0.1, -0.05) is 60.7 Å². The molecule has 1 heterocycles. The van der Waals surface area contributed by atoms with Gasteiger partial charge in [0.15, 0.2) is 0 Å². The lowest BCUT2D eigenvalue weighted by Gasteiger charge is -2.16. The molecule has 0 radical (unpaired) electrons. The fourth-order valence-corrected chi connectivity index (χ4v) is 2.82. The maximum absolute atomic E-state index is 12.7. The molecule has 0 aliphatic rings. The summed E-state index contributed by atoms with van der Waals surface area (Å²) in [6, 6.07) is 19.4. The summed E-state index contributed by atoms with van der Waals surface area (Å²) in [7, 11) is 0. The zero-order chi connectivity index (χ0) is 18.5. The van der Waals surface area contributed by atoms with Crippen molar-refractivity contribution in [2.75, 3.05) is 0 Å². The van der Waals surface area contributed by atoms with E-state index in [2.05, 4.69) is 0 Å². The van der Waals surface area contributed by atoms with Gasteiger partial charge in [0.1, 0.15) is 0 Å². The quantitative estimate of drug-likeness (QED) is 0.707. The highest BCUT2D eigenvalue weighted by Gasteiger charge is 2.15. The molecule has 0 fully saturated rings. The predicted octanol–water partition coefficient (Wildman–Crippen LogP) is 1.69. The molecule has 0 saturated heterocycles. The number of aliphatic hydroxyl groups is 1. The van der Waals surface area contributed by atoms with Gasteiger partial charge in [-0.15, -0.1) is 0 Å². The molecule has 2 N–H and O–H groups in total. The molecule has 1 aromatic heterocycles. The summed E-state index contributed by atoms with van der Waals surface area (Å²) in [6.07, 6.45) is -0.456. The number of aromatic hydroxyl groups is 1. The first-order valence-corrected chi connectivity index (χ1v) is 8.37. The molecule has 2 aromatic carbocycles. The summed E-state index contributed by atoms with van der Waals surface area (Å²) in [4.78, 5) is 24.8. The second-order valence-corrected chi connectivity index (χ2v) is 6.05. The van der Waals surface area contributed by atoms with Crippen LogP contribution in [0.25, 0.3) is 0 Å². The van der Waals surface area contributed by atoms with E-state index in [0.717, 1.165) is 20.8 Å². The number of benzene rings is 2. The lowest BCUT2D eigenvalue weighted by Crippen LogP contribution is -2.40. The van der Waals surface area contributed by atoms with Crippen LogP contribution in [-0.2, 0) is 19.5 Å². The van der Waals surface area contributed by atoms with Gasteiger partial charge in [-0.25, -0.2) is 4.79 Å². The average Bonchev–Trinajstić information content (AvgIpc) is 2.66. The monoisotopic (exact) mass is 352 g/mol. The first-order chi connectivity index (χ1) is 12.6. The average molecular weight is 352 g/mol. The zero-order valence-corrected chi connectivity index (χ0v) is 14.2. The summed E-state index contributed by atoms with van der Waals surface area (Å²) in [5, 5.41) is 20.3. The molecule has 6 heteroatoms. The standard InChI is InChI=1S/C20H20N2O4/c23-17(16-9-5-2-6-10-16)14-22-19(25)13-18(24)21(20(22)26)12-11-15-7-3-1-4-8-15/h1-10,13,17,23,25H,11-12,14H2. The van der Waals surface area contributed by atoms with Crippen molar-refractivity contribution < 1.29 is 10.2 Å². The van der Waals surface area contributed by atoms with E-state index in [1.165, 1.54) is 0 Å². The summed E-state index contributed by atoms with van der Waals surface area (Å²) < 4.78 is 2.09. The Morgan fingerprint density at radius 2 is 1.50 bits per heavy atom. The van der Waals surface area contributed by atoms with Crippen LogP contribution in [0.4, 0.5) is 0 Å². The zero-order valence-electron chi connectivity index (χ0n) is 14.2. The van der Waals surface area contributed by atoms with Crippen molar-refractivity contribution in [1.29, 1.82) is 0 Å². The molecular formula is C20H20N2O4. The number of aryl methyl sites for hydroxylation is 1. The lowest BCUT2D eigenvalue weighted by atomic mass is 10.1. The Hall–Kier alpha value is -3.12. The van der Waals surface area contributed by atoms with Gasteiger partial charge < -0.3 is 10.2 Å². The fourth-order valence-electron chi connectivity index (χ4n) is 2.82. The molecule has 134 valence electrons. The third-order valence-electron chi connectivity index (χ3n) is 4.26. The molecule has 0 saturated carbocycles. The van der Waals surface area contributed by atoms with Crippen molar-refractivity contribution in [2.45, 2.75) is 25.6 Å². The van der Waals surface area contributed by atoms with Crippen LogP contribution in [0.2, 0.25) is 0 Å². The normalized spacial score (nSPS) is 12.0. The number of nitrogens with zero attached hydrogens (tertiary/aromatic N) is 2. The lowest BCUT2D eigenvalue weighted by molar-refractivity contribution is 0.148. The van der Waals surface area contributed by atoms with Gasteiger partial charge in [0.05, 0.1) is 18.7 Å². The van der Waals surface area contributed by atoms with Gasteiger partial charge in [0.2, 0.25) is 5.88 Å². The van der Waals surface area contributed by atoms with E-state index >= 15 is 0 Å². The summed E-state index contributed by atoms with van der Waals surface area (Å²) in [6.45, 7) is 0.0592. The maximum atomic E-state index is 12.7. The minimum Gasteiger partial charge on any atom is -0.494 e. The molecule has 0 spiro atoms. The minimum atomic E-state index is -0.972. The van der Waals surface area contributed by atoms with Crippen molar-refractivity contribution >= 4 is 0 Å². The Morgan fingerprint density at radius 3 is 2.15 bits per heavy atom. The third kappa shape index (κ3) is 3.92. The summed E-state index contributed by atoms with van der Waals surface area (Å²) >= 11 is 0. The maximum Gasteiger partial charge on any atom is 0.333 e. The number of aliphatic hydroxyl groups excluding tert-OH is 1. The fraction of sp³-hybridized carbons (Fsp3) is 0.200. The van der Waals surface area contributed by atoms with Crippen molar-refractivity contribution in [3.63, 3.8) is 0 Å². The van der Waals surface area contributed by atoms with Gasteiger partial charge in [-0.05, 0) is 17.5 Å². The molecule has 3 aromatic rings. The predicted molar refractivity (Wildman–Crippen MR) is 98.2 cm³/mol. The number of hydrogen-bond donors (Lipinski definition) is 2. The third-order valence-corrected chi connectivity index (χ3v) is 4.26. The molecular weight excluding hydrogens is 332 g/mol. The van der Waals surface area contributed by atoms with Crippen LogP contribution in [-0.4, -0.2) is 19.3 Å². The Morgan fingerprint density at radius 1 is 0.885 bits per heavy atom. The highest BCUT2D eigenvalue weighted by Crippen LogP contribution is 2.15. The first kappa shape index (κ1) is 17.7. The molecule has 3 rings (SSSR count). The van der Waals surface area contributed by atoms with Crippen molar-refractivity contribution in [3.05, 3.63) is 98.7 Å². The Balaban J connectivity index is 1.87. The molecule has 0 aliphatic carbocycles.